The number of azo groups is 1. The van der Waals surface area contributed by atoms with E-state index in [0.29, 0.717) is 27.9 Å². The Balaban J connectivity index is 2.05. The average Bonchev–Trinajstić information content (AvgIpc) is 2.78. The maximum atomic E-state index is 9.79. The van der Waals surface area contributed by atoms with E-state index in [9.17, 15) is 5.11 Å². The van der Waals surface area contributed by atoms with Crippen LogP contribution in [-0.2, 0) is 0 Å². The van der Waals surface area contributed by atoms with Gasteiger partial charge in [0, 0.05) is 11.2 Å². The minimum absolute atomic E-state index is 0.112. The Bertz CT molecular complexity index is 854. The van der Waals surface area contributed by atoms with E-state index in [2.05, 4.69) is 15.2 Å². The molecule has 0 aliphatic carbocycles. The molecule has 0 saturated heterocycles. The van der Waals surface area contributed by atoms with Gasteiger partial charge in [0.25, 0.3) is 0 Å². The van der Waals surface area contributed by atoms with Gasteiger partial charge in [0.1, 0.15) is 0 Å². The van der Waals surface area contributed by atoms with Crippen LogP contribution in [0.25, 0.3) is 5.65 Å². The highest BCUT2D eigenvalue weighted by atomic mass is 35.5. The predicted octanol–water partition coefficient (Wildman–Crippen LogP) is 4.73. The molecular formula is C15H13ClN4O. The smallest absolute Gasteiger partial charge is 0.182 e. The molecule has 1 N–H and O–H groups in total. The maximum Gasteiger partial charge on any atom is 0.182 e. The quantitative estimate of drug-likeness (QED) is 0.696. The third-order valence-corrected chi connectivity index (χ3v) is 3.59. The second kappa shape index (κ2) is 5.18. The molecular weight excluding hydrogens is 288 g/mol. The van der Waals surface area contributed by atoms with Crippen molar-refractivity contribution in [2.24, 2.45) is 10.2 Å². The van der Waals surface area contributed by atoms with E-state index in [-0.39, 0.29) is 5.75 Å². The molecule has 5 nitrogen and oxygen atoms in total. The van der Waals surface area contributed by atoms with Crippen LogP contribution in [0.3, 0.4) is 0 Å². The second-order valence-corrected chi connectivity index (χ2v) is 5.15. The Morgan fingerprint density at radius 1 is 1.19 bits per heavy atom. The van der Waals surface area contributed by atoms with E-state index < -0.39 is 0 Å². The first-order valence-electron chi connectivity index (χ1n) is 6.41. The largest absolute Gasteiger partial charge is 0.504 e. The molecule has 0 bridgehead atoms. The highest BCUT2D eigenvalue weighted by Gasteiger charge is 2.10. The molecule has 106 valence electrons. The van der Waals surface area contributed by atoms with Gasteiger partial charge in [-0.3, -0.25) is 4.40 Å². The Kier molecular flexibility index (Phi) is 3.35. The summed E-state index contributed by atoms with van der Waals surface area (Å²) in [6.45, 7) is 3.75. The molecule has 0 fully saturated rings. The van der Waals surface area contributed by atoms with E-state index in [1.54, 1.807) is 28.8 Å². The number of aromatic hydroxyl groups is 1. The minimum atomic E-state index is 0.112. The van der Waals surface area contributed by atoms with E-state index >= 15 is 0 Å². The number of imidazole rings is 1. The van der Waals surface area contributed by atoms with Gasteiger partial charge in [0.2, 0.25) is 0 Å². The summed E-state index contributed by atoms with van der Waals surface area (Å²) in [4.78, 5) is 4.29. The average molecular weight is 301 g/mol. The zero-order chi connectivity index (χ0) is 15.0. The molecule has 0 aliphatic rings. The van der Waals surface area contributed by atoms with Gasteiger partial charge in [-0.2, -0.15) is 0 Å². The summed E-state index contributed by atoms with van der Waals surface area (Å²) in [6.07, 6.45) is 1.78. The number of aromatic nitrogens is 2. The van der Waals surface area contributed by atoms with Gasteiger partial charge < -0.3 is 5.11 Å². The lowest BCUT2D eigenvalue weighted by molar-refractivity contribution is 0.477. The number of fused-ring (bicyclic) bond motifs is 1. The van der Waals surface area contributed by atoms with Crippen LogP contribution in [0, 0.1) is 13.8 Å². The zero-order valence-electron chi connectivity index (χ0n) is 11.6. The summed E-state index contributed by atoms with van der Waals surface area (Å²) in [7, 11) is 0. The molecule has 0 aliphatic heterocycles. The molecule has 0 radical (unpaired) electrons. The number of pyridine rings is 1. The lowest BCUT2D eigenvalue weighted by atomic mass is 10.2. The van der Waals surface area contributed by atoms with Crippen molar-refractivity contribution in [3.05, 3.63) is 52.8 Å². The van der Waals surface area contributed by atoms with Gasteiger partial charge in [-0.25, -0.2) is 4.98 Å². The van der Waals surface area contributed by atoms with Crippen LogP contribution in [0.15, 0.2) is 46.8 Å². The van der Waals surface area contributed by atoms with Crippen molar-refractivity contribution < 1.29 is 5.11 Å². The second-order valence-electron chi connectivity index (χ2n) is 4.74. The monoisotopic (exact) mass is 300 g/mol. The fraction of sp³-hybridized carbons (Fsp3) is 0.133. The van der Waals surface area contributed by atoms with E-state index in [1.165, 1.54) is 0 Å². The minimum Gasteiger partial charge on any atom is -0.504 e. The van der Waals surface area contributed by atoms with Gasteiger partial charge in [-0.1, -0.05) is 17.7 Å². The fourth-order valence-electron chi connectivity index (χ4n) is 2.02. The van der Waals surface area contributed by atoms with Crippen molar-refractivity contribution in [2.45, 2.75) is 13.8 Å². The van der Waals surface area contributed by atoms with Crippen molar-refractivity contribution >= 4 is 28.8 Å². The fourth-order valence-corrected chi connectivity index (χ4v) is 2.20. The van der Waals surface area contributed by atoms with Crippen LogP contribution in [0.5, 0.6) is 5.75 Å². The molecule has 21 heavy (non-hydrogen) atoms. The first-order chi connectivity index (χ1) is 10.1. The van der Waals surface area contributed by atoms with Crippen molar-refractivity contribution in [2.75, 3.05) is 0 Å². The van der Waals surface area contributed by atoms with E-state index in [4.69, 9.17) is 11.6 Å². The van der Waals surface area contributed by atoms with Crippen LogP contribution >= 0.6 is 11.6 Å². The summed E-state index contributed by atoms with van der Waals surface area (Å²) >= 11 is 6.07. The lowest BCUT2D eigenvalue weighted by Gasteiger charge is -1.99. The molecule has 2 aromatic heterocycles. The SMILES string of the molecule is Cc1ccc(N=Nc2c(C)nc3c(O)cccn23)cc1Cl. The molecule has 0 atom stereocenters. The van der Waals surface area contributed by atoms with Gasteiger partial charge in [0.15, 0.2) is 17.2 Å². The highest BCUT2D eigenvalue weighted by Crippen LogP contribution is 2.28. The Labute approximate surface area is 126 Å². The van der Waals surface area contributed by atoms with Crippen molar-refractivity contribution in [3.63, 3.8) is 0 Å². The summed E-state index contributed by atoms with van der Waals surface area (Å²) in [6, 6.07) is 8.81. The normalized spacial score (nSPS) is 11.6. The van der Waals surface area contributed by atoms with E-state index in [0.717, 1.165) is 5.56 Å². The number of halogens is 1. The van der Waals surface area contributed by atoms with E-state index in [1.807, 2.05) is 26.0 Å². The molecule has 0 spiro atoms. The van der Waals surface area contributed by atoms with Crippen LogP contribution < -0.4 is 0 Å². The molecule has 6 heteroatoms. The third kappa shape index (κ3) is 2.48. The molecule has 2 heterocycles. The van der Waals surface area contributed by atoms with Crippen molar-refractivity contribution in [1.82, 2.24) is 9.38 Å². The number of nitrogens with zero attached hydrogens (tertiary/aromatic N) is 4. The Morgan fingerprint density at radius 2 is 2.00 bits per heavy atom. The number of benzene rings is 1. The molecule has 0 amide bonds. The van der Waals surface area contributed by atoms with Crippen LogP contribution in [0.4, 0.5) is 11.5 Å². The molecule has 1 aromatic carbocycles. The number of hydrogen-bond acceptors (Lipinski definition) is 4. The van der Waals surface area contributed by atoms with Gasteiger partial charge in [-0.15, -0.1) is 10.2 Å². The molecule has 3 rings (SSSR count). The third-order valence-electron chi connectivity index (χ3n) is 3.19. The summed E-state index contributed by atoms with van der Waals surface area (Å²) in [5.74, 6) is 0.693. The molecule has 0 saturated carbocycles. The van der Waals surface area contributed by atoms with Gasteiger partial charge in [0.05, 0.1) is 11.4 Å². The molecule has 0 unspecified atom stereocenters. The lowest BCUT2D eigenvalue weighted by Crippen LogP contribution is -1.82. The zero-order valence-corrected chi connectivity index (χ0v) is 12.3. The van der Waals surface area contributed by atoms with Crippen molar-refractivity contribution in [3.8, 4) is 5.75 Å². The summed E-state index contributed by atoms with van der Waals surface area (Å²) in [5.41, 5.74) is 2.82. The van der Waals surface area contributed by atoms with Crippen LogP contribution in [-0.4, -0.2) is 14.5 Å². The number of hydrogen-bond donors (Lipinski definition) is 1. The van der Waals surface area contributed by atoms with Crippen molar-refractivity contribution in [1.29, 1.82) is 0 Å². The number of aryl methyl sites for hydroxylation is 2. The maximum absolute atomic E-state index is 9.79. The number of rotatable bonds is 2. The summed E-state index contributed by atoms with van der Waals surface area (Å²) < 4.78 is 1.70. The van der Waals surface area contributed by atoms with Gasteiger partial charge >= 0.3 is 0 Å². The topological polar surface area (TPSA) is 62.2 Å². The summed E-state index contributed by atoms with van der Waals surface area (Å²) in [5, 5.41) is 18.9. The standard InChI is InChI=1S/C15H13ClN4O/c1-9-5-6-11(8-12(9)16)18-19-14-10(2)17-15-13(21)4-3-7-20(14)15/h3-8,21H,1-2H3. The Morgan fingerprint density at radius 3 is 2.76 bits per heavy atom. The van der Waals surface area contributed by atoms with Crippen LogP contribution in [0.1, 0.15) is 11.3 Å². The Hall–Kier alpha value is -2.40. The predicted molar refractivity (Wildman–Crippen MR) is 82.0 cm³/mol. The highest BCUT2D eigenvalue weighted by molar-refractivity contribution is 6.31. The molecule has 3 aromatic rings. The first-order valence-corrected chi connectivity index (χ1v) is 6.78. The van der Waals surface area contributed by atoms with Gasteiger partial charge in [-0.05, 0) is 43.7 Å². The first kappa shape index (κ1) is 13.6. The van der Waals surface area contributed by atoms with Crippen LogP contribution in [0.2, 0.25) is 5.02 Å².